The van der Waals surface area contributed by atoms with Crippen molar-refractivity contribution in [2.75, 3.05) is 38.0 Å². The van der Waals surface area contributed by atoms with Gasteiger partial charge in [-0.3, -0.25) is 14.6 Å². The average molecular weight is 417 g/mol. The maximum absolute atomic E-state index is 12.9. The van der Waals surface area contributed by atoms with Crippen LogP contribution in [0.25, 0.3) is 11.7 Å². The minimum absolute atomic E-state index is 0.119. The van der Waals surface area contributed by atoms with Crippen molar-refractivity contribution in [1.82, 2.24) is 19.6 Å². The number of hydrogen-bond acceptors (Lipinski definition) is 7. The van der Waals surface area contributed by atoms with Crippen molar-refractivity contribution in [3.63, 3.8) is 0 Å². The molecule has 0 spiro atoms. The molecule has 1 saturated heterocycles. The van der Waals surface area contributed by atoms with E-state index in [1.54, 1.807) is 35.2 Å². The zero-order valence-corrected chi connectivity index (χ0v) is 16.4. The molecule has 1 aliphatic heterocycles. The topological polar surface area (TPSA) is 79.7 Å². The van der Waals surface area contributed by atoms with E-state index in [2.05, 4.69) is 20.2 Å². The van der Waals surface area contributed by atoms with Crippen LogP contribution in [0.1, 0.15) is 0 Å². The van der Waals surface area contributed by atoms with Gasteiger partial charge in [-0.05, 0) is 48.6 Å². The summed E-state index contributed by atoms with van der Waals surface area (Å²) in [4.78, 5) is 16.7. The number of furan rings is 1. The predicted octanol–water partition coefficient (Wildman–Crippen LogP) is 2.82. The molecule has 1 fully saturated rings. The van der Waals surface area contributed by atoms with Gasteiger partial charge in [-0.1, -0.05) is 0 Å². The highest BCUT2D eigenvalue weighted by Gasteiger charge is 2.20. The second-order valence-corrected chi connectivity index (χ2v) is 7.09. The number of aromatic nitrogens is 2. The van der Waals surface area contributed by atoms with Gasteiger partial charge in [-0.25, -0.2) is 9.07 Å². The molecule has 3 aromatic rings. The fourth-order valence-electron chi connectivity index (χ4n) is 3.11. The Morgan fingerprint density at radius 2 is 1.86 bits per heavy atom. The summed E-state index contributed by atoms with van der Waals surface area (Å²) in [6, 6.07) is 9.26. The van der Waals surface area contributed by atoms with Crippen LogP contribution in [-0.2, 0) is 11.5 Å². The van der Waals surface area contributed by atoms with Crippen LogP contribution < -0.4 is 5.32 Å². The van der Waals surface area contributed by atoms with Crippen LogP contribution in [-0.4, -0.2) is 58.2 Å². The standard InChI is InChI=1S/C19H20FN5O3S/c20-14-3-5-15(6-4-14)21-17(26)12-23-7-9-24(10-8-23)13-25-19(29)28-18(22-25)16-2-1-11-27-16/h1-6,11H,7-10,12-13H2,(H,21,26). The molecule has 152 valence electrons. The summed E-state index contributed by atoms with van der Waals surface area (Å²) in [6.07, 6.45) is 1.55. The van der Waals surface area contributed by atoms with E-state index in [9.17, 15) is 9.18 Å². The number of nitrogens with zero attached hydrogens (tertiary/aromatic N) is 4. The van der Waals surface area contributed by atoms with Crippen LogP contribution in [0.2, 0.25) is 0 Å². The van der Waals surface area contributed by atoms with E-state index in [0.717, 1.165) is 26.2 Å². The summed E-state index contributed by atoms with van der Waals surface area (Å²) in [5.74, 6) is 0.442. The number of piperazine rings is 1. The number of nitrogens with one attached hydrogen (secondary N) is 1. The smallest absolute Gasteiger partial charge is 0.288 e. The van der Waals surface area contributed by atoms with Gasteiger partial charge in [-0.2, -0.15) is 0 Å². The molecule has 0 atom stereocenters. The van der Waals surface area contributed by atoms with E-state index in [1.807, 2.05) is 0 Å². The number of carbonyl (C=O) groups is 1. The number of anilines is 1. The van der Waals surface area contributed by atoms with Crippen molar-refractivity contribution in [2.45, 2.75) is 6.67 Å². The maximum atomic E-state index is 12.9. The Balaban J connectivity index is 1.26. The Kier molecular flexibility index (Phi) is 5.84. The van der Waals surface area contributed by atoms with E-state index in [4.69, 9.17) is 21.1 Å². The first kappa shape index (κ1) is 19.5. The van der Waals surface area contributed by atoms with Gasteiger partial charge in [0.15, 0.2) is 5.76 Å². The molecule has 1 amide bonds. The fourth-order valence-corrected chi connectivity index (χ4v) is 3.29. The first-order valence-corrected chi connectivity index (χ1v) is 9.59. The van der Waals surface area contributed by atoms with E-state index >= 15 is 0 Å². The van der Waals surface area contributed by atoms with E-state index < -0.39 is 0 Å². The van der Waals surface area contributed by atoms with Crippen LogP contribution in [0.15, 0.2) is 51.5 Å². The summed E-state index contributed by atoms with van der Waals surface area (Å²) < 4.78 is 25.4. The first-order valence-electron chi connectivity index (χ1n) is 9.19. The van der Waals surface area contributed by atoms with Crippen LogP contribution in [0.5, 0.6) is 0 Å². The third kappa shape index (κ3) is 4.97. The quantitative estimate of drug-likeness (QED) is 0.618. The van der Waals surface area contributed by atoms with Gasteiger partial charge in [0.2, 0.25) is 5.91 Å². The van der Waals surface area contributed by atoms with Crippen molar-refractivity contribution < 1.29 is 18.0 Å². The molecule has 2 aromatic heterocycles. The van der Waals surface area contributed by atoms with Crippen molar-refractivity contribution in [1.29, 1.82) is 0 Å². The molecule has 8 nitrogen and oxygen atoms in total. The van der Waals surface area contributed by atoms with Gasteiger partial charge < -0.3 is 14.2 Å². The summed E-state index contributed by atoms with van der Waals surface area (Å²) in [5, 5.41) is 7.15. The van der Waals surface area contributed by atoms with Gasteiger partial charge in [0.1, 0.15) is 5.82 Å². The van der Waals surface area contributed by atoms with Gasteiger partial charge in [-0.15, -0.1) is 5.10 Å². The lowest BCUT2D eigenvalue weighted by atomic mass is 10.3. The third-order valence-electron chi connectivity index (χ3n) is 4.63. The van der Waals surface area contributed by atoms with Crippen LogP contribution in [0.3, 0.4) is 0 Å². The van der Waals surface area contributed by atoms with Crippen molar-refractivity contribution in [2.24, 2.45) is 0 Å². The lowest BCUT2D eigenvalue weighted by Crippen LogP contribution is -2.48. The zero-order valence-electron chi connectivity index (χ0n) is 15.6. The SMILES string of the molecule is O=C(CN1CCN(Cn2nc(-c3ccco3)oc2=S)CC1)Nc1ccc(F)cc1. The molecule has 0 radical (unpaired) electrons. The molecule has 29 heavy (non-hydrogen) atoms. The third-order valence-corrected chi connectivity index (χ3v) is 4.93. The number of rotatable bonds is 6. The second-order valence-electron chi connectivity index (χ2n) is 6.74. The van der Waals surface area contributed by atoms with Crippen molar-refractivity contribution in [3.05, 3.63) is 53.3 Å². The normalized spacial score (nSPS) is 15.5. The van der Waals surface area contributed by atoms with Crippen LogP contribution in [0.4, 0.5) is 10.1 Å². The molecule has 3 heterocycles. The molecule has 1 aromatic carbocycles. The number of hydrogen-bond donors (Lipinski definition) is 1. The molecule has 0 aliphatic carbocycles. The Labute approximate surface area is 171 Å². The van der Waals surface area contributed by atoms with Gasteiger partial charge in [0.05, 0.1) is 19.5 Å². The molecule has 1 aliphatic rings. The molecular weight excluding hydrogens is 397 g/mol. The summed E-state index contributed by atoms with van der Waals surface area (Å²) in [6.45, 7) is 3.83. The predicted molar refractivity (Wildman–Crippen MR) is 106 cm³/mol. The maximum Gasteiger partial charge on any atom is 0.288 e. The summed E-state index contributed by atoms with van der Waals surface area (Å²) in [5.41, 5.74) is 0.586. The average Bonchev–Trinajstić information content (AvgIpc) is 3.36. The Morgan fingerprint density at radius 3 is 2.55 bits per heavy atom. The first-order chi connectivity index (χ1) is 14.1. The van der Waals surface area contributed by atoms with Gasteiger partial charge in [0.25, 0.3) is 10.7 Å². The molecule has 4 rings (SSSR count). The second kappa shape index (κ2) is 8.68. The minimum Gasteiger partial charge on any atom is -0.459 e. The number of carbonyl (C=O) groups excluding carboxylic acids is 1. The van der Waals surface area contributed by atoms with E-state index in [-0.39, 0.29) is 23.1 Å². The molecule has 0 saturated carbocycles. The van der Waals surface area contributed by atoms with Gasteiger partial charge in [0, 0.05) is 31.9 Å². The van der Waals surface area contributed by atoms with Crippen LogP contribution >= 0.6 is 12.2 Å². The highest BCUT2D eigenvalue weighted by molar-refractivity contribution is 7.71. The molecule has 1 N–H and O–H groups in total. The van der Waals surface area contributed by atoms with E-state index in [1.165, 1.54) is 12.1 Å². The molecular formula is C19H20FN5O3S. The highest BCUT2D eigenvalue weighted by Crippen LogP contribution is 2.18. The molecule has 0 bridgehead atoms. The Hall–Kier alpha value is -2.82. The highest BCUT2D eigenvalue weighted by atomic mass is 32.1. The van der Waals surface area contributed by atoms with Crippen molar-refractivity contribution >= 4 is 23.8 Å². The number of benzene rings is 1. The Bertz CT molecular complexity index is 1010. The monoisotopic (exact) mass is 417 g/mol. The van der Waals surface area contributed by atoms with E-state index in [0.29, 0.717) is 24.0 Å². The van der Waals surface area contributed by atoms with Gasteiger partial charge >= 0.3 is 0 Å². The fraction of sp³-hybridized carbons (Fsp3) is 0.316. The van der Waals surface area contributed by atoms with Crippen LogP contribution in [0, 0.1) is 10.7 Å². The number of halogens is 1. The lowest BCUT2D eigenvalue weighted by Gasteiger charge is -2.33. The summed E-state index contributed by atoms with van der Waals surface area (Å²) >= 11 is 5.24. The van der Waals surface area contributed by atoms with Crippen molar-refractivity contribution in [3.8, 4) is 11.7 Å². The largest absolute Gasteiger partial charge is 0.459 e. The minimum atomic E-state index is -0.331. The zero-order chi connectivity index (χ0) is 20.2. The summed E-state index contributed by atoms with van der Waals surface area (Å²) in [7, 11) is 0. The Morgan fingerprint density at radius 1 is 1.14 bits per heavy atom. The molecule has 0 unspecified atom stereocenters. The number of amides is 1. The lowest BCUT2D eigenvalue weighted by molar-refractivity contribution is -0.117. The molecule has 10 heteroatoms.